The number of hydrogen-bond donors (Lipinski definition) is 0. The Bertz CT molecular complexity index is 540. The normalized spacial score (nSPS) is 20.8. The van der Waals surface area contributed by atoms with Crippen LogP contribution in [0.15, 0.2) is 16.6 Å². The summed E-state index contributed by atoms with van der Waals surface area (Å²) in [5, 5.41) is 24.3. The van der Waals surface area contributed by atoms with Gasteiger partial charge in [-0.25, -0.2) is 0 Å². The highest BCUT2D eigenvalue weighted by molar-refractivity contribution is 9.10. The third kappa shape index (κ3) is 1.60. The van der Waals surface area contributed by atoms with Crippen LogP contribution in [0.4, 0.5) is 5.69 Å². The van der Waals surface area contributed by atoms with E-state index in [-0.39, 0.29) is 5.69 Å². The van der Waals surface area contributed by atoms with Crippen molar-refractivity contribution in [3.05, 3.63) is 37.8 Å². The molecule has 18 heavy (non-hydrogen) atoms. The fraction of sp³-hybridized carbons (Fsp3) is 0.500. The molecule has 0 bridgehead atoms. The molecule has 2 rings (SSSR count). The lowest BCUT2D eigenvalue weighted by molar-refractivity contribution is -0.385. The zero-order valence-corrected chi connectivity index (χ0v) is 12.2. The molecule has 1 aliphatic rings. The maximum absolute atomic E-state index is 12.3. The number of nitro groups is 1. The first kappa shape index (κ1) is 13.5. The molecule has 1 radical (unpaired) electrons. The first-order valence-electron chi connectivity index (χ1n) is 5.56. The van der Waals surface area contributed by atoms with Gasteiger partial charge in [-0.3, -0.25) is 10.1 Å². The van der Waals surface area contributed by atoms with Gasteiger partial charge in [-0.15, -0.1) is 10.3 Å². The standard InChI is InChI=1S/C12H14BrN2O3/c1-11(2)7-5-9(13)10(14(16)17)6-8(7)12(3,4)15(11)18/h5-6H,1-4H3. The molecular weight excluding hydrogens is 300 g/mol. The predicted octanol–water partition coefficient (Wildman–Crippen LogP) is 3.49. The molecule has 0 aliphatic carbocycles. The Balaban J connectivity index is 2.76. The van der Waals surface area contributed by atoms with Gasteiger partial charge in [0.1, 0.15) is 0 Å². The summed E-state index contributed by atoms with van der Waals surface area (Å²) >= 11 is 3.20. The molecule has 1 aromatic carbocycles. The summed E-state index contributed by atoms with van der Waals surface area (Å²) in [5.41, 5.74) is 0.103. The SMILES string of the molecule is CC1(C)c2cc(Br)c([N+](=O)[O-])cc2C(C)(C)N1[O]. The summed E-state index contributed by atoms with van der Waals surface area (Å²) in [6, 6.07) is 3.19. The Morgan fingerprint density at radius 3 is 2.06 bits per heavy atom. The second-order valence-electron chi connectivity index (χ2n) is 5.52. The Morgan fingerprint density at radius 1 is 1.17 bits per heavy atom. The second kappa shape index (κ2) is 3.76. The van der Waals surface area contributed by atoms with Gasteiger partial charge >= 0.3 is 0 Å². The van der Waals surface area contributed by atoms with Crippen molar-refractivity contribution in [1.82, 2.24) is 5.06 Å². The molecule has 0 amide bonds. The van der Waals surface area contributed by atoms with Crippen LogP contribution in [0.1, 0.15) is 38.8 Å². The minimum Gasteiger partial charge on any atom is -0.258 e. The van der Waals surface area contributed by atoms with Crippen LogP contribution in [-0.2, 0) is 16.3 Å². The van der Waals surface area contributed by atoms with E-state index in [0.29, 0.717) is 4.47 Å². The van der Waals surface area contributed by atoms with Crippen LogP contribution in [0.2, 0.25) is 0 Å². The zero-order chi connectivity index (χ0) is 13.9. The van der Waals surface area contributed by atoms with Crippen LogP contribution >= 0.6 is 15.9 Å². The molecule has 0 saturated heterocycles. The van der Waals surface area contributed by atoms with Crippen LogP contribution in [0.5, 0.6) is 0 Å². The molecule has 97 valence electrons. The first-order valence-corrected chi connectivity index (χ1v) is 6.36. The van der Waals surface area contributed by atoms with Crippen LogP contribution < -0.4 is 0 Å². The summed E-state index contributed by atoms with van der Waals surface area (Å²) in [7, 11) is 0. The molecule has 0 unspecified atom stereocenters. The minimum atomic E-state index is -0.760. The van der Waals surface area contributed by atoms with E-state index in [1.54, 1.807) is 19.9 Å². The highest BCUT2D eigenvalue weighted by atomic mass is 79.9. The molecule has 6 heteroatoms. The van der Waals surface area contributed by atoms with Crippen molar-refractivity contribution in [2.75, 3.05) is 0 Å². The number of hydrogen-bond acceptors (Lipinski definition) is 3. The van der Waals surface area contributed by atoms with Crippen molar-refractivity contribution in [2.45, 2.75) is 38.8 Å². The van der Waals surface area contributed by atoms with Crippen LogP contribution in [0, 0.1) is 10.1 Å². The molecule has 0 fully saturated rings. The van der Waals surface area contributed by atoms with Crippen molar-refractivity contribution in [2.24, 2.45) is 0 Å². The molecule has 0 spiro atoms. The first-order chi connectivity index (χ1) is 8.10. The molecular formula is C12H14BrN2O3. The Kier molecular flexibility index (Phi) is 2.81. The lowest BCUT2D eigenvalue weighted by atomic mass is 9.90. The van der Waals surface area contributed by atoms with E-state index in [4.69, 9.17) is 0 Å². The van der Waals surface area contributed by atoms with E-state index in [1.165, 1.54) is 6.07 Å². The third-order valence-corrected chi connectivity index (χ3v) is 4.25. The molecule has 0 aromatic heterocycles. The Labute approximate surface area is 114 Å². The van der Waals surface area contributed by atoms with Crippen molar-refractivity contribution in [3.8, 4) is 0 Å². The molecule has 5 nitrogen and oxygen atoms in total. The van der Waals surface area contributed by atoms with Crippen LogP contribution in [-0.4, -0.2) is 9.99 Å². The lowest BCUT2D eigenvalue weighted by Crippen LogP contribution is -2.41. The van der Waals surface area contributed by atoms with Gasteiger partial charge in [-0.05, 0) is 60.8 Å². The average molecular weight is 314 g/mol. The number of benzene rings is 1. The van der Waals surface area contributed by atoms with Crippen molar-refractivity contribution < 1.29 is 10.1 Å². The number of fused-ring (bicyclic) bond motifs is 1. The maximum Gasteiger partial charge on any atom is 0.283 e. The monoisotopic (exact) mass is 313 g/mol. The van der Waals surface area contributed by atoms with Gasteiger partial charge in [0.25, 0.3) is 5.69 Å². The number of nitro benzene ring substituents is 1. The van der Waals surface area contributed by atoms with Crippen molar-refractivity contribution in [1.29, 1.82) is 0 Å². The highest BCUT2D eigenvalue weighted by Gasteiger charge is 2.51. The summed E-state index contributed by atoms with van der Waals surface area (Å²) in [6.45, 7) is 7.22. The lowest BCUT2D eigenvalue weighted by Gasteiger charge is -2.32. The fourth-order valence-corrected chi connectivity index (χ4v) is 3.12. The fourth-order valence-electron chi connectivity index (χ4n) is 2.63. The van der Waals surface area contributed by atoms with E-state index < -0.39 is 16.0 Å². The van der Waals surface area contributed by atoms with Gasteiger partial charge in [-0.2, -0.15) is 0 Å². The topological polar surface area (TPSA) is 66.3 Å². The van der Waals surface area contributed by atoms with Gasteiger partial charge in [0, 0.05) is 6.07 Å². The smallest absolute Gasteiger partial charge is 0.258 e. The van der Waals surface area contributed by atoms with E-state index in [2.05, 4.69) is 15.9 Å². The second-order valence-corrected chi connectivity index (χ2v) is 6.37. The molecule has 0 atom stereocenters. The molecule has 1 heterocycles. The van der Waals surface area contributed by atoms with Gasteiger partial charge in [0.15, 0.2) is 0 Å². The quantitative estimate of drug-likeness (QED) is 0.588. The van der Waals surface area contributed by atoms with E-state index in [1.807, 2.05) is 13.8 Å². The van der Waals surface area contributed by atoms with Gasteiger partial charge < -0.3 is 0 Å². The minimum absolute atomic E-state index is 0.00655. The Hall–Kier alpha value is -0.980. The van der Waals surface area contributed by atoms with Crippen LogP contribution in [0.25, 0.3) is 0 Å². The van der Waals surface area contributed by atoms with E-state index >= 15 is 0 Å². The third-order valence-electron chi connectivity index (χ3n) is 3.62. The largest absolute Gasteiger partial charge is 0.283 e. The van der Waals surface area contributed by atoms with Gasteiger partial charge in [-0.1, -0.05) is 0 Å². The summed E-state index contributed by atoms with van der Waals surface area (Å²) in [6.07, 6.45) is 0. The van der Waals surface area contributed by atoms with Crippen LogP contribution in [0.3, 0.4) is 0 Å². The van der Waals surface area contributed by atoms with Crippen molar-refractivity contribution in [3.63, 3.8) is 0 Å². The van der Waals surface area contributed by atoms with Gasteiger partial charge in [0.05, 0.1) is 20.5 Å². The molecule has 1 aliphatic heterocycles. The average Bonchev–Trinajstić information content (AvgIpc) is 2.37. The van der Waals surface area contributed by atoms with Gasteiger partial charge in [0.2, 0.25) is 0 Å². The molecule has 0 saturated carbocycles. The van der Waals surface area contributed by atoms with Crippen molar-refractivity contribution >= 4 is 21.6 Å². The number of rotatable bonds is 1. The predicted molar refractivity (Wildman–Crippen MR) is 69.4 cm³/mol. The van der Waals surface area contributed by atoms with E-state index in [9.17, 15) is 15.3 Å². The Morgan fingerprint density at radius 2 is 1.61 bits per heavy atom. The zero-order valence-electron chi connectivity index (χ0n) is 10.7. The maximum atomic E-state index is 12.3. The number of nitrogens with zero attached hydrogens (tertiary/aromatic N) is 2. The number of halogens is 1. The van der Waals surface area contributed by atoms with E-state index in [0.717, 1.165) is 16.2 Å². The molecule has 0 N–H and O–H groups in total. The summed E-state index contributed by atoms with van der Waals surface area (Å²) in [5.74, 6) is 0. The number of hydroxylamine groups is 2. The highest BCUT2D eigenvalue weighted by Crippen LogP contribution is 2.50. The summed E-state index contributed by atoms with van der Waals surface area (Å²) < 4.78 is 0.408. The molecule has 1 aromatic rings. The summed E-state index contributed by atoms with van der Waals surface area (Å²) in [4.78, 5) is 10.5.